The summed E-state index contributed by atoms with van der Waals surface area (Å²) in [5.74, 6) is -0.706. The standard InChI is InChI=1S/C33H31N5O4/c39-24-17-30(33(41)42)37(19-24)32(40)22-12-14-29-27(16-22)36-31(38(29)23-9-5-2-6-10-23)21-11-13-25-26(15-21)34-18-28(35-25)20-7-3-1-4-8-20/h1,3-4,7-8,11-16,18,23-24,30,39H,2,5-6,9-10,17,19H2,(H,41,42)/t24-,30?/m1/s1. The monoisotopic (exact) mass is 561 g/mol. The van der Waals surface area contributed by atoms with E-state index in [9.17, 15) is 19.8 Å². The number of aliphatic hydroxyl groups excluding tert-OH is 1. The van der Waals surface area contributed by atoms with Crippen LogP contribution in [0.3, 0.4) is 0 Å². The highest BCUT2D eigenvalue weighted by molar-refractivity contribution is 6.00. The molecule has 212 valence electrons. The molecule has 5 aromatic rings. The number of carboxylic acids is 1. The summed E-state index contributed by atoms with van der Waals surface area (Å²) in [7, 11) is 0. The average Bonchev–Trinajstić information content (AvgIpc) is 3.61. The average molecular weight is 562 g/mol. The first-order valence-corrected chi connectivity index (χ1v) is 14.5. The van der Waals surface area contributed by atoms with Crippen LogP contribution in [0.15, 0.2) is 72.9 Å². The van der Waals surface area contributed by atoms with Crippen molar-refractivity contribution < 1.29 is 19.8 Å². The van der Waals surface area contributed by atoms with Crippen molar-refractivity contribution in [1.29, 1.82) is 0 Å². The van der Waals surface area contributed by atoms with Crippen LogP contribution in [0.1, 0.15) is 54.9 Å². The third-order valence-electron chi connectivity index (χ3n) is 8.57. The maximum atomic E-state index is 13.4. The molecule has 0 bridgehead atoms. The van der Waals surface area contributed by atoms with Gasteiger partial charge in [-0.1, -0.05) is 49.6 Å². The van der Waals surface area contributed by atoms with E-state index in [0.29, 0.717) is 11.1 Å². The zero-order valence-electron chi connectivity index (χ0n) is 23.1. The Balaban J connectivity index is 1.30. The molecule has 1 saturated carbocycles. The summed E-state index contributed by atoms with van der Waals surface area (Å²) in [6.45, 7) is -0.000284. The van der Waals surface area contributed by atoms with Crippen LogP contribution in [0.25, 0.3) is 44.7 Å². The molecule has 1 aliphatic carbocycles. The number of carboxylic acid groups (broad SMARTS) is 1. The van der Waals surface area contributed by atoms with Gasteiger partial charge >= 0.3 is 5.97 Å². The third kappa shape index (κ3) is 4.69. The number of β-amino-alcohol motifs (C(OH)–C–C–N with tert-alkyl or cyclic N) is 1. The van der Waals surface area contributed by atoms with Crippen LogP contribution >= 0.6 is 0 Å². The van der Waals surface area contributed by atoms with Gasteiger partial charge in [0.2, 0.25) is 0 Å². The number of fused-ring (bicyclic) bond motifs is 2. The van der Waals surface area contributed by atoms with E-state index < -0.39 is 24.0 Å². The maximum absolute atomic E-state index is 13.4. The van der Waals surface area contributed by atoms with Gasteiger partial charge in [0.15, 0.2) is 0 Å². The molecule has 1 unspecified atom stereocenters. The predicted molar refractivity (Wildman–Crippen MR) is 159 cm³/mol. The van der Waals surface area contributed by atoms with Crippen LogP contribution in [0, 0.1) is 0 Å². The molecule has 9 nitrogen and oxygen atoms in total. The molecule has 3 aromatic carbocycles. The second-order valence-corrected chi connectivity index (χ2v) is 11.3. The second kappa shape index (κ2) is 10.6. The SMILES string of the molecule is O=C(O)C1C[C@@H](O)CN1C(=O)c1ccc2c(c1)nc(-c1ccc3nc(-c4ccccc4)cnc3c1)n2C1CCCCC1. The third-order valence-corrected chi connectivity index (χ3v) is 8.57. The van der Waals surface area contributed by atoms with Crippen molar-refractivity contribution in [2.24, 2.45) is 0 Å². The Kier molecular flexibility index (Phi) is 6.66. The van der Waals surface area contributed by atoms with Crippen molar-refractivity contribution in [2.75, 3.05) is 6.54 Å². The Morgan fingerprint density at radius 3 is 2.43 bits per heavy atom. The lowest BCUT2D eigenvalue weighted by molar-refractivity contribution is -0.141. The predicted octanol–water partition coefficient (Wildman–Crippen LogP) is 5.48. The molecule has 42 heavy (non-hydrogen) atoms. The van der Waals surface area contributed by atoms with Gasteiger partial charge in [-0.3, -0.25) is 9.78 Å². The second-order valence-electron chi connectivity index (χ2n) is 11.3. The smallest absolute Gasteiger partial charge is 0.326 e. The van der Waals surface area contributed by atoms with Crippen LogP contribution in [-0.2, 0) is 4.79 Å². The van der Waals surface area contributed by atoms with Gasteiger partial charge in [-0.2, -0.15) is 0 Å². The number of amides is 1. The quantitative estimate of drug-likeness (QED) is 0.291. The summed E-state index contributed by atoms with van der Waals surface area (Å²) in [5.41, 5.74) is 6.31. The summed E-state index contributed by atoms with van der Waals surface area (Å²) in [5, 5.41) is 19.7. The lowest BCUT2D eigenvalue weighted by Crippen LogP contribution is -2.40. The minimum absolute atomic E-state index is 0.000284. The number of imidazole rings is 1. The number of benzene rings is 3. The summed E-state index contributed by atoms with van der Waals surface area (Å²) in [4.78, 5) is 41.0. The lowest BCUT2D eigenvalue weighted by atomic mass is 9.94. The Morgan fingerprint density at radius 1 is 0.833 bits per heavy atom. The van der Waals surface area contributed by atoms with E-state index >= 15 is 0 Å². The van der Waals surface area contributed by atoms with Crippen LogP contribution in [0.5, 0.6) is 0 Å². The summed E-state index contributed by atoms with van der Waals surface area (Å²) in [6.07, 6.45) is 6.61. The van der Waals surface area contributed by atoms with Crippen molar-refractivity contribution in [2.45, 2.75) is 56.7 Å². The van der Waals surface area contributed by atoms with Crippen molar-refractivity contribution in [1.82, 2.24) is 24.4 Å². The first-order chi connectivity index (χ1) is 20.5. The number of hydrogen-bond donors (Lipinski definition) is 2. The molecule has 0 spiro atoms. The molecule has 7 rings (SSSR count). The Morgan fingerprint density at radius 2 is 1.64 bits per heavy atom. The van der Waals surface area contributed by atoms with Gasteiger partial charge in [-0.15, -0.1) is 0 Å². The number of carbonyl (C=O) groups excluding carboxylic acids is 1. The van der Waals surface area contributed by atoms with Crippen LogP contribution < -0.4 is 0 Å². The molecular formula is C33H31N5O4. The van der Waals surface area contributed by atoms with Crippen LogP contribution in [0.2, 0.25) is 0 Å². The van der Waals surface area contributed by atoms with Gasteiger partial charge in [0.25, 0.3) is 5.91 Å². The largest absolute Gasteiger partial charge is 0.480 e. The van der Waals surface area contributed by atoms with Crippen LogP contribution in [0.4, 0.5) is 0 Å². The number of hydrogen-bond acceptors (Lipinski definition) is 6. The van der Waals surface area contributed by atoms with Crippen molar-refractivity contribution in [3.63, 3.8) is 0 Å². The van der Waals surface area contributed by atoms with Crippen molar-refractivity contribution in [3.05, 3.63) is 78.5 Å². The van der Waals surface area contributed by atoms with Gasteiger partial charge < -0.3 is 19.7 Å². The molecule has 2 aromatic heterocycles. The van der Waals surface area contributed by atoms with Crippen molar-refractivity contribution >= 4 is 33.9 Å². The Hall–Kier alpha value is -4.63. The molecule has 9 heteroatoms. The highest BCUT2D eigenvalue weighted by Gasteiger charge is 2.39. The minimum atomic E-state index is -1.11. The first-order valence-electron chi connectivity index (χ1n) is 14.5. The normalized spacial score (nSPS) is 19.5. The summed E-state index contributed by atoms with van der Waals surface area (Å²) in [6, 6.07) is 20.7. The van der Waals surface area contributed by atoms with E-state index in [-0.39, 0.29) is 19.0 Å². The van der Waals surface area contributed by atoms with Gasteiger partial charge in [-0.05, 0) is 49.2 Å². The number of nitrogens with zero attached hydrogens (tertiary/aromatic N) is 5. The number of aromatic nitrogens is 4. The van der Waals surface area contributed by atoms with Crippen LogP contribution in [-0.4, -0.2) is 65.2 Å². The number of aliphatic carboxylic acids is 1. The van der Waals surface area contributed by atoms with Gasteiger partial charge in [0, 0.05) is 35.7 Å². The molecule has 1 saturated heterocycles. The summed E-state index contributed by atoms with van der Waals surface area (Å²) < 4.78 is 2.30. The van der Waals surface area contributed by atoms with E-state index in [1.807, 2.05) is 54.6 Å². The fraction of sp³-hybridized carbons (Fsp3) is 0.303. The molecular weight excluding hydrogens is 530 g/mol. The van der Waals surface area contributed by atoms with E-state index in [2.05, 4.69) is 4.57 Å². The number of carbonyl (C=O) groups is 2. The van der Waals surface area contributed by atoms with E-state index in [0.717, 1.165) is 64.9 Å². The molecule has 2 fully saturated rings. The molecule has 0 radical (unpaired) electrons. The van der Waals surface area contributed by atoms with Gasteiger partial charge in [0.1, 0.15) is 11.9 Å². The number of aliphatic hydroxyl groups is 1. The molecule has 2 atom stereocenters. The minimum Gasteiger partial charge on any atom is -0.480 e. The highest BCUT2D eigenvalue weighted by Crippen LogP contribution is 2.37. The van der Waals surface area contributed by atoms with E-state index in [1.165, 1.54) is 11.3 Å². The Labute approximate surface area is 242 Å². The first kappa shape index (κ1) is 26.3. The van der Waals surface area contributed by atoms with E-state index in [4.69, 9.17) is 15.0 Å². The van der Waals surface area contributed by atoms with E-state index in [1.54, 1.807) is 18.3 Å². The fourth-order valence-electron chi connectivity index (χ4n) is 6.48. The molecule has 3 heterocycles. The molecule has 1 aliphatic heterocycles. The van der Waals surface area contributed by atoms with Gasteiger partial charge in [0.05, 0.1) is 40.1 Å². The highest BCUT2D eigenvalue weighted by atomic mass is 16.4. The zero-order valence-corrected chi connectivity index (χ0v) is 23.1. The topological polar surface area (TPSA) is 121 Å². The van der Waals surface area contributed by atoms with Crippen molar-refractivity contribution in [3.8, 4) is 22.6 Å². The Bertz CT molecular complexity index is 1810. The molecule has 2 aliphatic rings. The fourth-order valence-corrected chi connectivity index (χ4v) is 6.48. The van der Waals surface area contributed by atoms with Gasteiger partial charge in [-0.25, -0.2) is 14.8 Å². The zero-order chi connectivity index (χ0) is 28.8. The lowest BCUT2D eigenvalue weighted by Gasteiger charge is -2.26. The number of rotatable bonds is 5. The summed E-state index contributed by atoms with van der Waals surface area (Å²) >= 11 is 0. The molecule has 1 amide bonds. The number of likely N-dealkylation sites (tertiary alicyclic amines) is 1. The maximum Gasteiger partial charge on any atom is 0.326 e. The molecule has 2 N–H and O–H groups in total.